The second-order valence-electron chi connectivity index (χ2n) is 3.05. The molecule has 68 valence electrons. The monoisotopic (exact) mass is 170 g/mol. The smallest absolute Gasteiger partial charge is 0.142 e. The number of hydrogen-bond acceptors (Lipinski definition) is 1. The zero-order valence-corrected chi connectivity index (χ0v) is 7.86. The van der Waals surface area contributed by atoms with Gasteiger partial charge in [-0.25, -0.2) is 4.39 Å². The maximum atomic E-state index is 12.9. The molecule has 0 aliphatic carbocycles. The van der Waals surface area contributed by atoms with Gasteiger partial charge in [0.05, 0.1) is 5.83 Å². The SMILES string of the molecule is CC(=CC=O)CCC(F)=C(C)C. The van der Waals surface area contributed by atoms with Crippen LogP contribution in [0, 0.1) is 0 Å². The second-order valence-corrected chi connectivity index (χ2v) is 3.05. The van der Waals surface area contributed by atoms with Gasteiger partial charge in [0, 0.05) is 6.42 Å². The molecule has 1 nitrogen and oxygen atoms in total. The van der Waals surface area contributed by atoms with Crippen LogP contribution in [-0.2, 0) is 4.79 Å². The van der Waals surface area contributed by atoms with Crippen molar-refractivity contribution in [3.63, 3.8) is 0 Å². The van der Waals surface area contributed by atoms with Crippen molar-refractivity contribution >= 4 is 6.29 Å². The molecule has 0 atom stereocenters. The molecule has 0 aromatic rings. The molecule has 0 radical (unpaired) electrons. The van der Waals surface area contributed by atoms with Crippen molar-refractivity contribution in [1.82, 2.24) is 0 Å². The lowest BCUT2D eigenvalue weighted by atomic mass is 10.1. The molecule has 0 saturated heterocycles. The van der Waals surface area contributed by atoms with E-state index in [1.165, 1.54) is 6.08 Å². The molecule has 0 unspecified atom stereocenters. The first-order chi connectivity index (χ1) is 5.57. The minimum atomic E-state index is -0.0753. The number of rotatable bonds is 4. The van der Waals surface area contributed by atoms with Gasteiger partial charge in [0.2, 0.25) is 0 Å². The van der Waals surface area contributed by atoms with Crippen LogP contribution in [0.25, 0.3) is 0 Å². The summed E-state index contributed by atoms with van der Waals surface area (Å²) in [5, 5.41) is 0. The van der Waals surface area contributed by atoms with Gasteiger partial charge in [-0.3, -0.25) is 4.79 Å². The number of carbonyl (C=O) groups excluding carboxylic acids is 1. The molecule has 0 fully saturated rings. The number of aldehydes is 1. The molecule has 0 saturated carbocycles. The predicted molar refractivity (Wildman–Crippen MR) is 48.5 cm³/mol. The number of halogens is 1. The molecule has 0 heterocycles. The fourth-order valence-corrected chi connectivity index (χ4v) is 0.756. The quantitative estimate of drug-likeness (QED) is 0.468. The van der Waals surface area contributed by atoms with Crippen molar-refractivity contribution in [2.75, 3.05) is 0 Å². The summed E-state index contributed by atoms with van der Waals surface area (Å²) >= 11 is 0. The van der Waals surface area contributed by atoms with Crippen LogP contribution in [-0.4, -0.2) is 6.29 Å². The first-order valence-corrected chi connectivity index (χ1v) is 4.00. The van der Waals surface area contributed by atoms with E-state index in [1.54, 1.807) is 13.8 Å². The van der Waals surface area contributed by atoms with Crippen LogP contribution in [0.1, 0.15) is 33.6 Å². The van der Waals surface area contributed by atoms with Crippen molar-refractivity contribution in [1.29, 1.82) is 0 Å². The summed E-state index contributed by atoms with van der Waals surface area (Å²) < 4.78 is 12.9. The lowest BCUT2D eigenvalue weighted by molar-refractivity contribution is -0.104. The summed E-state index contributed by atoms with van der Waals surface area (Å²) in [5.74, 6) is -0.0753. The van der Waals surface area contributed by atoms with Gasteiger partial charge in [-0.15, -0.1) is 0 Å². The van der Waals surface area contributed by atoms with Gasteiger partial charge >= 0.3 is 0 Å². The Bertz CT molecular complexity index is 210. The highest BCUT2D eigenvalue weighted by molar-refractivity contribution is 5.65. The molecule has 0 amide bonds. The van der Waals surface area contributed by atoms with Gasteiger partial charge in [0.1, 0.15) is 6.29 Å². The Morgan fingerprint density at radius 2 is 1.83 bits per heavy atom. The molecule has 0 aromatic carbocycles. The molecule has 0 N–H and O–H groups in total. The third-order valence-corrected chi connectivity index (χ3v) is 1.63. The molecule has 12 heavy (non-hydrogen) atoms. The molecule has 0 bridgehead atoms. The van der Waals surface area contributed by atoms with E-state index in [4.69, 9.17) is 0 Å². The summed E-state index contributed by atoms with van der Waals surface area (Å²) in [6.07, 6.45) is 3.22. The van der Waals surface area contributed by atoms with E-state index in [1.807, 2.05) is 6.92 Å². The lowest BCUT2D eigenvalue weighted by Crippen LogP contribution is -1.82. The molecular formula is C10H15FO. The lowest BCUT2D eigenvalue weighted by Gasteiger charge is -1.99. The van der Waals surface area contributed by atoms with Crippen LogP contribution in [0.3, 0.4) is 0 Å². The van der Waals surface area contributed by atoms with E-state index in [-0.39, 0.29) is 5.83 Å². The van der Waals surface area contributed by atoms with Crippen LogP contribution >= 0.6 is 0 Å². The van der Waals surface area contributed by atoms with E-state index in [2.05, 4.69) is 0 Å². The van der Waals surface area contributed by atoms with Crippen molar-refractivity contribution in [3.8, 4) is 0 Å². The Morgan fingerprint density at radius 3 is 2.25 bits per heavy atom. The Labute approximate surface area is 73.0 Å². The minimum Gasteiger partial charge on any atom is -0.299 e. The first kappa shape index (κ1) is 11.1. The van der Waals surface area contributed by atoms with E-state index in [0.717, 1.165) is 11.9 Å². The standard InChI is InChI=1S/C10H15FO/c1-8(2)10(11)5-4-9(3)6-7-12/h6-7H,4-5H2,1-3H3. The van der Waals surface area contributed by atoms with Crippen molar-refractivity contribution in [2.24, 2.45) is 0 Å². The zero-order valence-electron chi connectivity index (χ0n) is 7.86. The number of hydrogen-bond donors (Lipinski definition) is 0. The summed E-state index contributed by atoms with van der Waals surface area (Å²) in [5.41, 5.74) is 1.63. The number of allylic oxidation sites excluding steroid dienone is 4. The highest BCUT2D eigenvalue weighted by Crippen LogP contribution is 2.15. The largest absolute Gasteiger partial charge is 0.299 e. The minimum absolute atomic E-state index is 0.0753. The van der Waals surface area contributed by atoms with Crippen LogP contribution in [0.2, 0.25) is 0 Å². The van der Waals surface area contributed by atoms with Crippen LogP contribution in [0.4, 0.5) is 4.39 Å². The van der Waals surface area contributed by atoms with Gasteiger partial charge < -0.3 is 0 Å². The summed E-state index contributed by atoms with van der Waals surface area (Å²) in [6, 6.07) is 0. The topological polar surface area (TPSA) is 17.1 Å². The number of carbonyl (C=O) groups is 1. The average Bonchev–Trinajstić information content (AvgIpc) is 2.00. The van der Waals surface area contributed by atoms with Crippen molar-refractivity contribution in [2.45, 2.75) is 33.6 Å². The van der Waals surface area contributed by atoms with Crippen LogP contribution in [0.5, 0.6) is 0 Å². The maximum Gasteiger partial charge on any atom is 0.142 e. The summed E-state index contributed by atoms with van der Waals surface area (Å²) in [6.45, 7) is 5.31. The predicted octanol–water partition coefficient (Wildman–Crippen LogP) is 3.18. The molecule has 0 spiro atoms. The normalized spacial score (nSPS) is 11.2. The molecule has 2 heteroatoms. The Kier molecular flexibility index (Phi) is 5.26. The van der Waals surface area contributed by atoms with Crippen molar-refractivity contribution < 1.29 is 9.18 Å². The highest BCUT2D eigenvalue weighted by Gasteiger charge is 1.97. The van der Waals surface area contributed by atoms with Gasteiger partial charge in [-0.1, -0.05) is 5.57 Å². The fraction of sp³-hybridized carbons (Fsp3) is 0.500. The first-order valence-electron chi connectivity index (χ1n) is 4.00. The van der Waals surface area contributed by atoms with Gasteiger partial charge in [-0.2, -0.15) is 0 Å². The molecule has 0 aromatic heterocycles. The second kappa shape index (κ2) is 5.70. The van der Waals surface area contributed by atoms with E-state index in [9.17, 15) is 9.18 Å². The highest BCUT2D eigenvalue weighted by atomic mass is 19.1. The van der Waals surface area contributed by atoms with Gasteiger partial charge in [-0.05, 0) is 38.8 Å². The van der Waals surface area contributed by atoms with Crippen LogP contribution in [0.15, 0.2) is 23.0 Å². The summed E-state index contributed by atoms with van der Waals surface area (Å²) in [7, 11) is 0. The van der Waals surface area contributed by atoms with Crippen LogP contribution < -0.4 is 0 Å². The third kappa shape index (κ3) is 4.83. The average molecular weight is 170 g/mol. The molecule has 0 aliphatic rings. The fourth-order valence-electron chi connectivity index (χ4n) is 0.756. The Morgan fingerprint density at radius 1 is 1.25 bits per heavy atom. The van der Waals surface area contributed by atoms with Gasteiger partial charge in [0.25, 0.3) is 0 Å². The van der Waals surface area contributed by atoms with E-state index >= 15 is 0 Å². The summed E-state index contributed by atoms with van der Waals surface area (Å²) in [4.78, 5) is 10.0. The van der Waals surface area contributed by atoms with Gasteiger partial charge in [0.15, 0.2) is 0 Å². The van der Waals surface area contributed by atoms with E-state index < -0.39 is 0 Å². The maximum absolute atomic E-state index is 12.9. The zero-order chi connectivity index (χ0) is 9.56. The molecule has 0 rings (SSSR count). The van der Waals surface area contributed by atoms with E-state index in [0.29, 0.717) is 18.4 Å². The Hall–Kier alpha value is -0.920. The molecule has 0 aliphatic heterocycles. The Balaban J connectivity index is 3.92. The third-order valence-electron chi connectivity index (χ3n) is 1.63. The molecular weight excluding hydrogens is 155 g/mol. The van der Waals surface area contributed by atoms with Crippen molar-refractivity contribution in [3.05, 3.63) is 23.0 Å².